The lowest BCUT2D eigenvalue weighted by Gasteiger charge is -2.47. The van der Waals surface area contributed by atoms with Gasteiger partial charge in [0.1, 0.15) is 23.9 Å². The number of aliphatic hydroxyl groups excluding tert-OH is 1. The summed E-state index contributed by atoms with van der Waals surface area (Å²) in [7, 11) is -4.17. The summed E-state index contributed by atoms with van der Waals surface area (Å²) in [5, 5.41) is 20.8. The Bertz CT molecular complexity index is 964. The molecule has 0 aliphatic carbocycles. The number of ether oxygens (including phenoxy) is 4. The van der Waals surface area contributed by atoms with E-state index in [1.807, 2.05) is 6.92 Å². The third-order valence-corrected chi connectivity index (χ3v) is 7.17. The Morgan fingerprint density at radius 1 is 1.24 bits per heavy atom. The molecule has 1 aromatic carbocycles. The monoisotopic (exact) mass is 506 g/mol. The van der Waals surface area contributed by atoms with Crippen LogP contribution in [0.25, 0.3) is 0 Å². The van der Waals surface area contributed by atoms with Crippen LogP contribution in [0.3, 0.4) is 0 Å². The lowest BCUT2D eigenvalue weighted by Crippen LogP contribution is -2.66. The second-order valence-electron chi connectivity index (χ2n) is 8.84. The zero-order valence-electron chi connectivity index (χ0n) is 19.1. The Kier molecular flexibility index (Phi) is 7.52. The van der Waals surface area contributed by atoms with Crippen molar-refractivity contribution in [3.63, 3.8) is 0 Å². The first-order valence-corrected chi connectivity index (χ1v) is 13.1. The molecule has 0 spiro atoms. The molecule has 10 nitrogen and oxygen atoms in total. The second-order valence-corrected chi connectivity index (χ2v) is 11.3. The number of aliphatic carboxylic acids is 1. The number of carboxylic acids is 1. The maximum absolute atomic E-state index is 12.5. The maximum Gasteiger partial charge on any atom is 0.364 e. The van der Waals surface area contributed by atoms with Gasteiger partial charge in [-0.25, -0.2) is 4.79 Å². The van der Waals surface area contributed by atoms with Crippen LogP contribution in [0.1, 0.15) is 32.8 Å². The average molecular weight is 507 g/mol. The van der Waals surface area contributed by atoms with Gasteiger partial charge in [-0.3, -0.25) is 4.18 Å². The van der Waals surface area contributed by atoms with Crippen molar-refractivity contribution >= 4 is 27.8 Å². The molecule has 0 aromatic heterocycles. The zero-order chi connectivity index (χ0) is 24.7. The van der Waals surface area contributed by atoms with Gasteiger partial charge in [-0.1, -0.05) is 17.7 Å². The molecule has 12 heteroatoms. The van der Waals surface area contributed by atoms with E-state index in [1.54, 1.807) is 39.2 Å². The van der Waals surface area contributed by atoms with Gasteiger partial charge in [-0.2, -0.15) is 8.42 Å². The lowest BCUT2D eigenvalue weighted by molar-refractivity contribution is -0.318. The molecule has 1 unspecified atom stereocenters. The van der Waals surface area contributed by atoms with Gasteiger partial charge in [0.2, 0.25) is 0 Å². The van der Waals surface area contributed by atoms with Gasteiger partial charge in [0.15, 0.2) is 5.79 Å². The van der Waals surface area contributed by atoms with Gasteiger partial charge in [0.25, 0.3) is 15.9 Å². The summed E-state index contributed by atoms with van der Waals surface area (Å²) in [6.45, 7) is 6.10. The van der Waals surface area contributed by atoms with Crippen molar-refractivity contribution in [3.05, 3.63) is 29.8 Å². The molecule has 0 radical (unpaired) electrons. The highest BCUT2D eigenvalue weighted by Gasteiger charge is 2.66. The van der Waals surface area contributed by atoms with Gasteiger partial charge >= 0.3 is 5.97 Å². The number of carbonyl (C=O) groups is 1. The van der Waals surface area contributed by atoms with Crippen LogP contribution in [-0.4, -0.2) is 78.9 Å². The molecule has 2 fully saturated rings. The molecule has 0 saturated carbocycles. The molecule has 1 aromatic rings. The van der Waals surface area contributed by atoms with Gasteiger partial charge in [0, 0.05) is 6.42 Å². The molecule has 186 valence electrons. The SMILES string of the molecule is CSCOC1(C(=O)O)C[C@@]2(C)OC(C)(C)O[C@H]2[C@@H]([C@H](O)COS(=O)(=O)c2ccc(C)cc2)O1. The molecule has 2 heterocycles. The summed E-state index contributed by atoms with van der Waals surface area (Å²) in [5.41, 5.74) is -0.319. The van der Waals surface area contributed by atoms with Crippen molar-refractivity contribution < 1.29 is 46.6 Å². The lowest BCUT2D eigenvalue weighted by atomic mass is 9.82. The molecule has 3 rings (SSSR count). The van der Waals surface area contributed by atoms with Crippen LogP contribution < -0.4 is 0 Å². The van der Waals surface area contributed by atoms with Crippen LogP contribution in [0.2, 0.25) is 0 Å². The molecule has 2 aliphatic rings. The largest absolute Gasteiger partial charge is 0.477 e. The number of aryl methyl sites for hydroxylation is 1. The van der Waals surface area contributed by atoms with E-state index in [1.165, 1.54) is 23.9 Å². The highest BCUT2D eigenvalue weighted by atomic mass is 32.2. The first kappa shape index (κ1) is 26.4. The van der Waals surface area contributed by atoms with Crippen molar-refractivity contribution in [3.8, 4) is 0 Å². The number of hydrogen-bond acceptors (Lipinski definition) is 10. The average Bonchev–Trinajstić information content (AvgIpc) is 2.97. The fourth-order valence-corrected chi connectivity index (χ4v) is 5.38. The predicted octanol–water partition coefficient (Wildman–Crippen LogP) is 1.88. The fraction of sp³-hybridized carbons (Fsp3) is 0.667. The van der Waals surface area contributed by atoms with E-state index in [0.29, 0.717) is 0 Å². The summed E-state index contributed by atoms with van der Waals surface area (Å²) in [5.74, 6) is -4.60. The molecule has 33 heavy (non-hydrogen) atoms. The molecular formula is C21H30O10S2. The van der Waals surface area contributed by atoms with Crippen molar-refractivity contribution in [2.45, 2.75) is 74.5 Å². The number of aliphatic hydroxyl groups is 1. The minimum Gasteiger partial charge on any atom is -0.477 e. The second kappa shape index (κ2) is 9.42. The standard InChI is InChI=1S/C21H30O10S2/c1-13-6-8-14(9-7-13)33(25,26)28-10-15(22)16-17-20(4,31-19(2,3)30-17)11-21(29-16,18(23)24)27-12-32-5/h6-9,15-17,22H,10-12H2,1-5H3,(H,23,24)/t15-,16-,17+,20-,21?/m1/s1. The molecule has 2 aliphatic heterocycles. The van der Waals surface area contributed by atoms with E-state index in [9.17, 15) is 23.4 Å². The highest BCUT2D eigenvalue weighted by Crippen LogP contribution is 2.49. The van der Waals surface area contributed by atoms with E-state index in [2.05, 4.69) is 0 Å². The Hall–Kier alpha value is -1.25. The number of carboxylic acid groups (broad SMARTS) is 1. The van der Waals surface area contributed by atoms with Crippen LogP contribution in [0, 0.1) is 6.92 Å². The summed E-state index contributed by atoms with van der Waals surface area (Å²) in [6, 6.07) is 6.04. The minimum atomic E-state index is -4.17. The number of thioether (sulfide) groups is 1. The first-order valence-electron chi connectivity index (χ1n) is 10.3. The normalized spacial score (nSPS) is 32.3. The van der Waals surface area contributed by atoms with Crippen molar-refractivity contribution in [2.75, 3.05) is 18.8 Å². The minimum absolute atomic E-state index is 0.0123. The number of hydrogen-bond donors (Lipinski definition) is 2. The summed E-state index contributed by atoms with van der Waals surface area (Å²) < 4.78 is 53.5. The molecule has 2 saturated heterocycles. The van der Waals surface area contributed by atoms with E-state index >= 15 is 0 Å². The van der Waals surface area contributed by atoms with Crippen LogP contribution >= 0.6 is 11.8 Å². The van der Waals surface area contributed by atoms with Gasteiger partial charge < -0.3 is 29.2 Å². The molecule has 5 atom stereocenters. The van der Waals surface area contributed by atoms with Crippen molar-refractivity contribution in [1.82, 2.24) is 0 Å². The van der Waals surface area contributed by atoms with Crippen LogP contribution in [0.4, 0.5) is 0 Å². The Balaban J connectivity index is 1.86. The van der Waals surface area contributed by atoms with Crippen molar-refractivity contribution in [1.29, 1.82) is 0 Å². The topological polar surface area (TPSA) is 138 Å². The van der Waals surface area contributed by atoms with Crippen LogP contribution in [0.5, 0.6) is 0 Å². The van der Waals surface area contributed by atoms with Gasteiger partial charge in [-0.15, -0.1) is 11.8 Å². The quantitative estimate of drug-likeness (QED) is 0.375. The number of benzene rings is 1. The smallest absolute Gasteiger partial charge is 0.364 e. The zero-order valence-corrected chi connectivity index (χ0v) is 20.8. The third-order valence-electron chi connectivity index (χ3n) is 5.52. The molecular weight excluding hydrogens is 476 g/mol. The van der Waals surface area contributed by atoms with E-state index < -0.39 is 58.2 Å². The Labute approximate surface area is 197 Å². The number of fused-ring (bicyclic) bond motifs is 1. The van der Waals surface area contributed by atoms with Gasteiger partial charge in [0.05, 0.1) is 17.4 Å². The summed E-state index contributed by atoms with van der Waals surface area (Å²) >= 11 is 1.25. The first-order chi connectivity index (χ1) is 15.2. The molecule has 0 bridgehead atoms. The molecule has 0 amide bonds. The fourth-order valence-electron chi connectivity index (χ4n) is 4.14. The van der Waals surface area contributed by atoms with Crippen LogP contribution in [-0.2, 0) is 38.0 Å². The highest BCUT2D eigenvalue weighted by molar-refractivity contribution is 7.98. The predicted molar refractivity (Wildman–Crippen MR) is 118 cm³/mol. The van der Waals surface area contributed by atoms with Gasteiger partial charge in [-0.05, 0) is 46.1 Å². The third kappa shape index (κ3) is 5.54. The summed E-state index contributed by atoms with van der Waals surface area (Å²) in [4.78, 5) is 12.1. The van der Waals surface area contributed by atoms with E-state index in [0.717, 1.165) is 5.56 Å². The Morgan fingerprint density at radius 2 is 1.88 bits per heavy atom. The number of rotatable bonds is 9. The van der Waals surface area contributed by atoms with Crippen molar-refractivity contribution in [2.24, 2.45) is 0 Å². The van der Waals surface area contributed by atoms with Crippen LogP contribution in [0.15, 0.2) is 29.2 Å². The van der Waals surface area contributed by atoms with E-state index in [-0.39, 0.29) is 17.3 Å². The van der Waals surface area contributed by atoms with E-state index in [4.69, 9.17) is 23.1 Å². The Morgan fingerprint density at radius 3 is 2.45 bits per heavy atom. The molecule has 2 N–H and O–H groups in total. The summed E-state index contributed by atoms with van der Waals surface area (Å²) in [6.07, 6.45) is -2.24. The maximum atomic E-state index is 12.5.